The molecule has 206 valence electrons. The number of amides is 2. The minimum atomic E-state index is -1.42. The molecule has 4 rings (SSSR count). The first kappa shape index (κ1) is 28.1. The Balaban J connectivity index is 1.51. The molecule has 2 aromatic rings. The number of carboxylic acid groups (broad SMARTS) is 3. The Morgan fingerprint density at radius 2 is 1.97 bits per heavy atom. The summed E-state index contributed by atoms with van der Waals surface area (Å²) in [6, 6.07) is -1.17. The van der Waals surface area contributed by atoms with Gasteiger partial charge in [0.05, 0.1) is 4.21 Å². The van der Waals surface area contributed by atoms with Gasteiger partial charge in [0, 0.05) is 23.0 Å². The highest BCUT2D eigenvalue weighted by atomic mass is 32.2. The zero-order chi connectivity index (χ0) is 28.4. The summed E-state index contributed by atoms with van der Waals surface area (Å²) in [5, 5.41) is 32.9. The molecule has 4 heterocycles. The van der Waals surface area contributed by atoms with Crippen LogP contribution in [0.25, 0.3) is 0 Å². The number of nitrogens with two attached hydrogens (primary N) is 1. The highest BCUT2D eigenvalue weighted by Crippen LogP contribution is 2.42. The first-order valence-corrected chi connectivity index (χ1v) is 13.9. The number of β-lactam (4-membered cyclic amide) rings is 1. The minimum Gasteiger partial charge on any atom is -0.479 e. The van der Waals surface area contributed by atoms with Crippen LogP contribution >= 0.6 is 46.6 Å². The van der Waals surface area contributed by atoms with Crippen molar-refractivity contribution in [1.29, 1.82) is 0 Å². The van der Waals surface area contributed by atoms with E-state index < -0.39 is 64.6 Å². The number of hydrogen-bond acceptors (Lipinski definition) is 15. The highest BCUT2D eigenvalue weighted by molar-refractivity contribution is 8.02. The van der Waals surface area contributed by atoms with Crippen LogP contribution in [-0.2, 0) is 24.0 Å². The number of hydrogen-bond donors (Lipinski definition) is 6. The molecular formula is C18H15N7O10S4. The number of carboxylic acids is 3. The number of aromatic amines is 1. The monoisotopic (exact) mass is 617 g/mol. The number of thioether (sulfide) groups is 2. The molecule has 0 radical (unpaired) electrons. The molecule has 1 fully saturated rings. The fraction of sp³-hybridized carbons (Fsp3) is 0.278. The van der Waals surface area contributed by atoms with E-state index in [9.17, 15) is 39.0 Å². The summed E-state index contributed by atoms with van der Waals surface area (Å²) in [6.45, 7) is -0.869. The normalized spacial score (nSPS) is 18.8. The fourth-order valence-corrected chi connectivity index (χ4v) is 7.28. The second-order valence-corrected chi connectivity index (χ2v) is 11.4. The van der Waals surface area contributed by atoms with E-state index in [0.29, 0.717) is 5.57 Å². The number of H-pyrrole nitrogens is 1. The Bertz CT molecular complexity index is 1490. The second kappa shape index (κ2) is 11.4. The van der Waals surface area contributed by atoms with E-state index in [1.807, 2.05) is 0 Å². The number of nitrogens with one attached hydrogen (secondary N) is 2. The third kappa shape index (κ3) is 5.74. The topological polar surface area (TPSA) is 268 Å². The van der Waals surface area contributed by atoms with Crippen molar-refractivity contribution in [2.45, 2.75) is 15.6 Å². The van der Waals surface area contributed by atoms with Crippen LogP contribution in [0.1, 0.15) is 16.2 Å². The molecule has 0 bridgehead atoms. The van der Waals surface area contributed by atoms with Crippen molar-refractivity contribution < 1.29 is 44.1 Å². The molecule has 2 aliphatic heterocycles. The van der Waals surface area contributed by atoms with Crippen LogP contribution in [0, 0.1) is 0 Å². The zero-order valence-electron chi connectivity index (χ0n) is 19.0. The van der Waals surface area contributed by atoms with Crippen LogP contribution in [0.2, 0.25) is 0 Å². The maximum absolute atomic E-state index is 13.0. The number of aliphatic carboxylic acids is 2. The zero-order valence-corrected chi connectivity index (χ0v) is 22.2. The van der Waals surface area contributed by atoms with Crippen molar-refractivity contribution in [3.05, 3.63) is 33.0 Å². The largest absolute Gasteiger partial charge is 0.479 e. The molecule has 21 heteroatoms. The van der Waals surface area contributed by atoms with Gasteiger partial charge in [-0.1, -0.05) is 16.7 Å². The molecule has 17 nitrogen and oxygen atoms in total. The SMILES string of the molecule is Nc1nc(C(=NOCC(=O)O)C(=O)NC2C(=O)N3C(C(=O)O)=C(CSc4s[nH]c(=O)c4C(=O)O)CS[C@@H]23)ns1. The summed E-state index contributed by atoms with van der Waals surface area (Å²) in [4.78, 5) is 81.2. The number of rotatable bonds is 11. The molecule has 0 aromatic carbocycles. The molecule has 2 aromatic heterocycles. The van der Waals surface area contributed by atoms with Gasteiger partial charge in [0.25, 0.3) is 17.4 Å². The predicted octanol–water partition coefficient (Wildman–Crippen LogP) is -1.10. The number of anilines is 1. The van der Waals surface area contributed by atoms with Gasteiger partial charge >= 0.3 is 17.9 Å². The van der Waals surface area contributed by atoms with Gasteiger partial charge in [-0.2, -0.15) is 9.36 Å². The van der Waals surface area contributed by atoms with Gasteiger partial charge in [0.1, 0.15) is 17.1 Å². The van der Waals surface area contributed by atoms with E-state index in [0.717, 1.165) is 51.5 Å². The van der Waals surface area contributed by atoms with Crippen molar-refractivity contribution in [2.75, 3.05) is 23.8 Å². The molecule has 0 spiro atoms. The number of nitrogens with zero attached hydrogens (tertiary/aromatic N) is 4. The summed E-state index contributed by atoms with van der Waals surface area (Å²) in [7, 11) is 0. The molecular weight excluding hydrogens is 603 g/mol. The van der Waals surface area contributed by atoms with Crippen molar-refractivity contribution in [1.82, 2.24) is 23.9 Å². The van der Waals surface area contributed by atoms with Crippen LogP contribution in [0.5, 0.6) is 0 Å². The van der Waals surface area contributed by atoms with Crippen molar-refractivity contribution in [3.8, 4) is 0 Å². The number of oxime groups is 1. The van der Waals surface area contributed by atoms with E-state index in [1.165, 1.54) is 0 Å². The standard InChI is InChI=1S/C18H15N7O10S4/c19-18-21-10(23-39-18)7(22-35-1-5(26)27)12(29)20-8-13(30)25-9(16(33)34)4(2-36-14(8)25)3-37-17-6(15(31)32)11(28)24-38-17/h8,14H,1-3H2,(H,20,29)(H,24,28)(H,26,27)(H,31,32)(H,33,34)(H2,19,21,23)/t8?,14-/m0/s1. The van der Waals surface area contributed by atoms with E-state index in [2.05, 4.69) is 29.0 Å². The number of carbonyl (C=O) groups is 5. The van der Waals surface area contributed by atoms with Gasteiger partial charge in [0.2, 0.25) is 18.1 Å². The lowest BCUT2D eigenvalue weighted by molar-refractivity contribution is -0.150. The average Bonchev–Trinajstić information content (AvgIpc) is 3.47. The van der Waals surface area contributed by atoms with Gasteiger partial charge in [-0.15, -0.1) is 23.5 Å². The van der Waals surface area contributed by atoms with E-state index in [4.69, 9.17) is 10.8 Å². The van der Waals surface area contributed by atoms with Gasteiger partial charge in [-0.05, 0) is 5.57 Å². The summed E-state index contributed by atoms with van der Waals surface area (Å²) >= 11 is 3.64. The smallest absolute Gasteiger partial charge is 0.352 e. The molecule has 39 heavy (non-hydrogen) atoms. The summed E-state index contributed by atoms with van der Waals surface area (Å²) in [6.07, 6.45) is 0. The molecule has 0 saturated carbocycles. The molecule has 1 saturated heterocycles. The number of carbonyl (C=O) groups excluding carboxylic acids is 2. The van der Waals surface area contributed by atoms with Crippen LogP contribution in [-0.4, -0.2) is 98.9 Å². The molecule has 7 N–H and O–H groups in total. The maximum atomic E-state index is 13.0. The van der Waals surface area contributed by atoms with Crippen LogP contribution < -0.4 is 16.6 Å². The molecule has 2 atom stereocenters. The van der Waals surface area contributed by atoms with Crippen LogP contribution in [0.3, 0.4) is 0 Å². The quantitative estimate of drug-likeness (QED) is 0.0756. The Labute approximate surface area is 232 Å². The Kier molecular flexibility index (Phi) is 8.22. The average molecular weight is 618 g/mol. The number of aromatic nitrogens is 3. The minimum absolute atomic E-state index is 0.00906. The summed E-state index contributed by atoms with van der Waals surface area (Å²) in [5.41, 5.74) is 3.77. The molecule has 0 aliphatic carbocycles. The lowest BCUT2D eigenvalue weighted by atomic mass is 10.0. The number of fused-ring (bicyclic) bond motifs is 1. The van der Waals surface area contributed by atoms with Gasteiger partial charge in [-0.3, -0.25) is 23.7 Å². The summed E-state index contributed by atoms with van der Waals surface area (Å²) < 4.78 is 6.31. The maximum Gasteiger partial charge on any atom is 0.352 e. The Morgan fingerprint density at radius 1 is 1.23 bits per heavy atom. The number of aromatic carboxylic acids is 1. The van der Waals surface area contributed by atoms with E-state index in [1.54, 1.807) is 0 Å². The van der Waals surface area contributed by atoms with E-state index >= 15 is 0 Å². The second-order valence-electron chi connectivity index (χ2n) is 7.47. The van der Waals surface area contributed by atoms with Gasteiger partial charge < -0.3 is 31.2 Å². The molecule has 2 amide bonds. The van der Waals surface area contributed by atoms with E-state index in [-0.39, 0.29) is 32.4 Å². The fourth-order valence-electron chi connectivity index (χ4n) is 3.40. The lowest BCUT2D eigenvalue weighted by Gasteiger charge is -2.49. The van der Waals surface area contributed by atoms with Gasteiger partial charge in [-0.25, -0.2) is 14.4 Å². The Hall–Kier alpha value is -3.95. The molecule has 2 aliphatic rings. The van der Waals surface area contributed by atoms with Crippen molar-refractivity contribution in [2.24, 2.45) is 5.16 Å². The van der Waals surface area contributed by atoms with Gasteiger partial charge in [0.15, 0.2) is 10.7 Å². The van der Waals surface area contributed by atoms with Crippen LogP contribution in [0.15, 0.2) is 25.4 Å². The summed E-state index contributed by atoms with van der Waals surface area (Å²) in [5.74, 6) is -6.06. The lowest BCUT2D eigenvalue weighted by Crippen LogP contribution is -2.71. The first-order valence-electron chi connectivity index (χ1n) is 10.3. The van der Waals surface area contributed by atoms with Crippen LogP contribution in [0.4, 0.5) is 5.13 Å². The Morgan fingerprint density at radius 3 is 2.59 bits per heavy atom. The third-order valence-electron chi connectivity index (χ3n) is 5.01. The molecule has 1 unspecified atom stereocenters. The highest BCUT2D eigenvalue weighted by Gasteiger charge is 2.54. The predicted molar refractivity (Wildman–Crippen MR) is 137 cm³/mol. The third-order valence-corrected chi connectivity index (χ3v) is 9.13. The first-order chi connectivity index (χ1) is 18.5. The van der Waals surface area contributed by atoms with Crippen molar-refractivity contribution in [3.63, 3.8) is 0 Å². The van der Waals surface area contributed by atoms with Crippen molar-refractivity contribution >= 4 is 87.2 Å². The number of nitrogen functional groups attached to an aromatic ring is 1.